The van der Waals surface area contributed by atoms with Gasteiger partial charge < -0.3 is 24.4 Å². The molecule has 1 heterocycles. The standard InChI is InChI=1S/C27H34N2O5/c1-6-28(7-2)15-16-29-24(20-11-9-10-12-22(20)34-8-3)23(26(31)27(29)32)25(30)19-13-14-21(33-5)18(4)17-19/h9-14,17,24,30H,6-8,15-16H2,1-5H3/t24-/m0/s1. The predicted octanol–water partition coefficient (Wildman–Crippen LogP) is 4.17. The van der Waals surface area contributed by atoms with Gasteiger partial charge in [-0.25, -0.2) is 0 Å². The monoisotopic (exact) mass is 466 g/mol. The summed E-state index contributed by atoms with van der Waals surface area (Å²) in [6, 6.07) is 11.8. The van der Waals surface area contributed by atoms with E-state index in [-0.39, 0.29) is 11.3 Å². The fourth-order valence-corrected chi connectivity index (χ4v) is 4.40. The van der Waals surface area contributed by atoms with Crippen molar-refractivity contribution in [1.82, 2.24) is 9.80 Å². The molecule has 34 heavy (non-hydrogen) atoms. The van der Waals surface area contributed by atoms with Gasteiger partial charge in [-0.05, 0) is 56.8 Å². The Morgan fingerprint density at radius 3 is 2.38 bits per heavy atom. The summed E-state index contributed by atoms with van der Waals surface area (Å²) in [5.74, 6) is -0.251. The Labute approximate surface area is 201 Å². The first-order chi connectivity index (χ1) is 16.4. The topological polar surface area (TPSA) is 79.3 Å². The molecule has 1 fully saturated rings. The Bertz CT molecular complexity index is 1070. The number of aliphatic hydroxyl groups is 1. The van der Waals surface area contributed by atoms with E-state index >= 15 is 0 Å². The first kappa shape index (κ1) is 25.3. The van der Waals surface area contributed by atoms with Crippen molar-refractivity contribution in [3.8, 4) is 11.5 Å². The molecule has 0 unspecified atom stereocenters. The van der Waals surface area contributed by atoms with E-state index in [4.69, 9.17) is 9.47 Å². The van der Waals surface area contributed by atoms with Gasteiger partial charge in [0.25, 0.3) is 11.7 Å². The number of para-hydroxylation sites is 1. The third kappa shape index (κ3) is 4.94. The van der Waals surface area contributed by atoms with E-state index in [2.05, 4.69) is 18.7 Å². The summed E-state index contributed by atoms with van der Waals surface area (Å²) in [4.78, 5) is 30.2. The third-order valence-corrected chi connectivity index (χ3v) is 6.27. The van der Waals surface area contributed by atoms with Gasteiger partial charge in [0.1, 0.15) is 17.3 Å². The Morgan fingerprint density at radius 1 is 1.06 bits per heavy atom. The van der Waals surface area contributed by atoms with Gasteiger partial charge in [-0.1, -0.05) is 32.0 Å². The van der Waals surface area contributed by atoms with Gasteiger partial charge in [-0.2, -0.15) is 0 Å². The molecule has 0 aromatic heterocycles. The molecule has 1 N–H and O–H groups in total. The van der Waals surface area contributed by atoms with E-state index in [9.17, 15) is 14.7 Å². The number of hydrogen-bond acceptors (Lipinski definition) is 6. The van der Waals surface area contributed by atoms with E-state index in [1.165, 1.54) is 0 Å². The number of amides is 1. The molecule has 0 spiro atoms. The summed E-state index contributed by atoms with van der Waals surface area (Å²) in [5.41, 5.74) is 2.02. The fraction of sp³-hybridized carbons (Fsp3) is 0.407. The number of aliphatic hydroxyl groups excluding tert-OH is 1. The summed E-state index contributed by atoms with van der Waals surface area (Å²) >= 11 is 0. The van der Waals surface area contributed by atoms with Gasteiger partial charge in [-0.15, -0.1) is 0 Å². The zero-order chi connectivity index (χ0) is 24.8. The molecule has 1 aliphatic heterocycles. The second-order valence-electron chi connectivity index (χ2n) is 8.17. The molecule has 3 rings (SSSR count). The molecule has 182 valence electrons. The predicted molar refractivity (Wildman–Crippen MR) is 132 cm³/mol. The molecule has 0 bridgehead atoms. The second-order valence-corrected chi connectivity index (χ2v) is 8.17. The van der Waals surface area contributed by atoms with Crippen LogP contribution in [0.4, 0.5) is 0 Å². The summed E-state index contributed by atoms with van der Waals surface area (Å²) < 4.78 is 11.2. The van der Waals surface area contributed by atoms with Crippen LogP contribution in [-0.4, -0.2) is 66.5 Å². The van der Waals surface area contributed by atoms with Crippen LogP contribution in [0, 0.1) is 6.92 Å². The summed E-state index contributed by atoms with van der Waals surface area (Å²) in [7, 11) is 1.58. The molecule has 1 atom stereocenters. The molecule has 0 radical (unpaired) electrons. The van der Waals surface area contributed by atoms with Crippen LogP contribution in [-0.2, 0) is 9.59 Å². The molecule has 2 aromatic rings. The Hall–Kier alpha value is -3.32. The van der Waals surface area contributed by atoms with E-state index < -0.39 is 17.7 Å². The highest BCUT2D eigenvalue weighted by atomic mass is 16.5. The normalized spacial score (nSPS) is 17.5. The van der Waals surface area contributed by atoms with Gasteiger partial charge in [0, 0.05) is 24.2 Å². The number of carbonyl (C=O) groups excluding carboxylic acids is 2. The van der Waals surface area contributed by atoms with Crippen LogP contribution in [0.5, 0.6) is 11.5 Å². The fourth-order valence-electron chi connectivity index (χ4n) is 4.40. The van der Waals surface area contributed by atoms with Crippen molar-refractivity contribution in [2.45, 2.75) is 33.7 Å². The lowest BCUT2D eigenvalue weighted by Crippen LogP contribution is -2.38. The van der Waals surface area contributed by atoms with Gasteiger partial charge in [0.05, 0.1) is 25.3 Å². The molecular weight excluding hydrogens is 432 g/mol. The van der Waals surface area contributed by atoms with E-state index in [1.54, 1.807) is 30.2 Å². The minimum absolute atomic E-state index is 0.0706. The van der Waals surface area contributed by atoms with Crippen molar-refractivity contribution in [1.29, 1.82) is 0 Å². The van der Waals surface area contributed by atoms with E-state index in [0.717, 1.165) is 18.7 Å². The number of ketones is 1. The number of ether oxygens (including phenoxy) is 2. The summed E-state index contributed by atoms with van der Waals surface area (Å²) in [6.07, 6.45) is 0. The van der Waals surface area contributed by atoms with Crippen molar-refractivity contribution < 1.29 is 24.2 Å². The quantitative estimate of drug-likeness (QED) is 0.322. The molecule has 1 aliphatic rings. The Kier molecular flexibility index (Phi) is 8.34. The zero-order valence-electron chi connectivity index (χ0n) is 20.6. The van der Waals surface area contributed by atoms with Crippen molar-refractivity contribution in [2.24, 2.45) is 0 Å². The van der Waals surface area contributed by atoms with Crippen LogP contribution >= 0.6 is 0 Å². The average Bonchev–Trinajstić information content (AvgIpc) is 3.09. The lowest BCUT2D eigenvalue weighted by molar-refractivity contribution is -0.140. The van der Waals surface area contributed by atoms with Gasteiger partial charge in [0.15, 0.2) is 0 Å². The van der Waals surface area contributed by atoms with Crippen molar-refractivity contribution in [3.63, 3.8) is 0 Å². The SMILES string of the molecule is CCOc1ccccc1[C@H]1C(=C(O)c2ccc(OC)c(C)c2)C(=O)C(=O)N1CCN(CC)CC. The van der Waals surface area contributed by atoms with Gasteiger partial charge in [-0.3, -0.25) is 9.59 Å². The zero-order valence-corrected chi connectivity index (χ0v) is 20.6. The number of methoxy groups -OCH3 is 1. The molecular formula is C27H34N2O5. The van der Waals surface area contributed by atoms with Crippen molar-refractivity contribution >= 4 is 17.4 Å². The van der Waals surface area contributed by atoms with Crippen molar-refractivity contribution in [3.05, 3.63) is 64.7 Å². The minimum atomic E-state index is -0.749. The first-order valence-corrected chi connectivity index (χ1v) is 11.7. The number of nitrogens with zero attached hydrogens (tertiary/aromatic N) is 2. The molecule has 0 saturated carbocycles. The third-order valence-electron chi connectivity index (χ3n) is 6.27. The highest BCUT2D eigenvalue weighted by Gasteiger charge is 2.47. The number of likely N-dealkylation sites (tertiary alicyclic amines) is 1. The van der Waals surface area contributed by atoms with E-state index in [0.29, 0.717) is 42.3 Å². The first-order valence-electron chi connectivity index (χ1n) is 11.7. The van der Waals surface area contributed by atoms with E-state index in [1.807, 2.05) is 38.1 Å². The highest BCUT2D eigenvalue weighted by Crippen LogP contribution is 2.42. The van der Waals surface area contributed by atoms with Crippen molar-refractivity contribution in [2.75, 3.05) is 39.9 Å². The number of Topliss-reactive ketones (excluding diaryl/α,β-unsaturated/α-hetero) is 1. The maximum Gasteiger partial charge on any atom is 0.295 e. The molecule has 2 aromatic carbocycles. The van der Waals surface area contributed by atoms with Gasteiger partial charge >= 0.3 is 0 Å². The number of likely N-dealkylation sites (N-methyl/N-ethyl adjacent to an activating group) is 1. The van der Waals surface area contributed by atoms with Crippen LogP contribution in [0.2, 0.25) is 0 Å². The molecule has 0 aliphatic carbocycles. The van der Waals surface area contributed by atoms with Crippen LogP contribution in [0.15, 0.2) is 48.0 Å². The molecule has 1 saturated heterocycles. The van der Waals surface area contributed by atoms with Crippen LogP contribution in [0.1, 0.15) is 43.5 Å². The lowest BCUT2D eigenvalue weighted by Gasteiger charge is -2.29. The average molecular weight is 467 g/mol. The highest BCUT2D eigenvalue weighted by molar-refractivity contribution is 6.46. The number of carbonyl (C=O) groups is 2. The number of benzene rings is 2. The maximum atomic E-state index is 13.3. The smallest absolute Gasteiger partial charge is 0.295 e. The number of hydrogen-bond donors (Lipinski definition) is 1. The number of aryl methyl sites for hydroxylation is 1. The molecule has 7 nitrogen and oxygen atoms in total. The maximum absolute atomic E-state index is 13.3. The van der Waals surface area contributed by atoms with Crippen LogP contribution in [0.25, 0.3) is 5.76 Å². The molecule has 1 amide bonds. The largest absolute Gasteiger partial charge is 0.507 e. The Morgan fingerprint density at radius 2 is 1.76 bits per heavy atom. The van der Waals surface area contributed by atoms with Crippen LogP contribution in [0.3, 0.4) is 0 Å². The molecule has 7 heteroatoms. The second kappa shape index (κ2) is 11.2. The Balaban J connectivity index is 2.16. The number of rotatable bonds is 10. The summed E-state index contributed by atoms with van der Waals surface area (Å²) in [5, 5.41) is 11.3. The minimum Gasteiger partial charge on any atom is -0.507 e. The lowest BCUT2D eigenvalue weighted by atomic mass is 9.94. The van der Waals surface area contributed by atoms with Crippen LogP contribution < -0.4 is 9.47 Å². The van der Waals surface area contributed by atoms with Gasteiger partial charge in [0.2, 0.25) is 0 Å². The summed E-state index contributed by atoms with van der Waals surface area (Å²) in [6.45, 7) is 11.0.